The minimum atomic E-state index is 0.181. The predicted octanol–water partition coefficient (Wildman–Crippen LogP) is 2.35. The smallest absolute Gasteiger partial charge is 0.0614 e. The highest BCUT2D eigenvalue weighted by Gasteiger charge is 2.31. The van der Waals surface area contributed by atoms with Crippen LogP contribution in [0.3, 0.4) is 0 Å². The average molecular weight is 198 g/mol. The summed E-state index contributed by atoms with van der Waals surface area (Å²) in [5.74, 6) is 0.799. The molecule has 0 unspecified atom stereocenters. The van der Waals surface area contributed by atoms with E-state index >= 15 is 0 Å². The lowest BCUT2D eigenvalue weighted by molar-refractivity contribution is 0.298. The fraction of sp³-hybridized carbons (Fsp3) is 0.800. The lowest BCUT2D eigenvalue weighted by Crippen LogP contribution is -2.34. The van der Waals surface area contributed by atoms with E-state index in [0.29, 0.717) is 18.8 Å². The highest BCUT2D eigenvalue weighted by Crippen LogP contribution is 2.29. The van der Waals surface area contributed by atoms with Crippen LogP contribution in [0.15, 0.2) is 10.3 Å². The largest absolute Gasteiger partial charge is 0.411 e. The molecule has 0 bridgehead atoms. The summed E-state index contributed by atoms with van der Waals surface area (Å²) < 4.78 is 0. The summed E-state index contributed by atoms with van der Waals surface area (Å²) in [6.07, 6.45) is 1.40. The Morgan fingerprint density at radius 1 is 1.14 bits per heavy atom. The molecule has 0 heterocycles. The molecule has 4 nitrogen and oxygen atoms in total. The number of hydrogen-bond acceptors (Lipinski definition) is 4. The maximum atomic E-state index is 8.87. The highest BCUT2D eigenvalue weighted by molar-refractivity contribution is 6.00. The Labute approximate surface area is 84.3 Å². The Balaban J connectivity index is 2.85. The molecule has 80 valence electrons. The molecular weight excluding hydrogens is 180 g/mol. The topological polar surface area (TPSA) is 65.2 Å². The van der Waals surface area contributed by atoms with E-state index in [0.717, 1.165) is 11.4 Å². The molecule has 1 saturated carbocycles. The maximum absolute atomic E-state index is 8.87. The Morgan fingerprint density at radius 3 is 2.14 bits per heavy atom. The summed E-state index contributed by atoms with van der Waals surface area (Å²) in [6.45, 7) is 6.15. The third-order valence-corrected chi connectivity index (χ3v) is 3.00. The van der Waals surface area contributed by atoms with Crippen LogP contribution in [-0.2, 0) is 0 Å². The first-order valence-corrected chi connectivity index (χ1v) is 5.01. The molecule has 0 amide bonds. The Hall–Kier alpha value is -1.06. The number of nitrogens with zero attached hydrogens (tertiary/aromatic N) is 2. The van der Waals surface area contributed by atoms with Crippen LogP contribution in [0.1, 0.15) is 33.6 Å². The zero-order valence-corrected chi connectivity index (χ0v) is 8.94. The van der Waals surface area contributed by atoms with E-state index in [1.54, 1.807) is 0 Å². The maximum Gasteiger partial charge on any atom is 0.0614 e. The lowest BCUT2D eigenvalue weighted by Gasteiger charge is -2.30. The van der Waals surface area contributed by atoms with Gasteiger partial charge in [-0.1, -0.05) is 31.1 Å². The predicted molar refractivity (Wildman–Crippen MR) is 55.2 cm³/mol. The van der Waals surface area contributed by atoms with Crippen molar-refractivity contribution in [3.8, 4) is 0 Å². The van der Waals surface area contributed by atoms with Gasteiger partial charge in [0, 0.05) is 11.8 Å². The molecule has 1 fully saturated rings. The first kappa shape index (κ1) is 11.0. The summed E-state index contributed by atoms with van der Waals surface area (Å²) in [6, 6.07) is 0. The zero-order valence-electron chi connectivity index (χ0n) is 8.94. The monoisotopic (exact) mass is 198 g/mol. The fourth-order valence-electron chi connectivity index (χ4n) is 2.00. The minimum absolute atomic E-state index is 0.181. The summed E-state index contributed by atoms with van der Waals surface area (Å²) >= 11 is 0. The summed E-state index contributed by atoms with van der Waals surface area (Å²) in [4.78, 5) is 0. The summed E-state index contributed by atoms with van der Waals surface area (Å²) in [7, 11) is 0. The molecular formula is C10H18N2O2. The van der Waals surface area contributed by atoms with E-state index in [1.807, 2.05) is 6.92 Å². The van der Waals surface area contributed by atoms with Crippen LogP contribution in [0.2, 0.25) is 0 Å². The Kier molecular flexibility index (Phi) is 3.49. The molecule has 2 N–H and O–H groups in total. The summed E-state index contributed by atoms with van der Waals surface area (Å²) in [5.41, 5.74) is 1.65. The van der Waals surface area contributed by atoms with E-state index in [-0.39, 0.29) is 11.8 Å². The third kappa shape index (κ3) is 2.05. The first-order chi connectivity index (χ1) is 6.60. The quantitative estimate of drug-likeness (QED) is 0.501. The first-order valence-electron chi connectivity index (χ1n) is 5.01. The fourth-order valence-corrected chi connectivity index (χ4v) is 2.00. The van der Waals surface area contributed by atoms with Crippen molar-refractivity contribution in [2.45, 2.75) is 33.6 Å². The van der Waals surface area contributed by atoms with Crippen molar-refractivity contribution in [3.05, 3.63) is 0 Å². The molecule has 4 heteroatoms. The van der Waals surface area contributed by atoms with Crippen LogP contribution in [0.4, 0.5) is 0 Å². The van der Waals surface area contributed by atoms with Gasteiger partial charge in [-0.25, -0.2) is 0 Å². The van der Waals surface area contributed by atoms with E-state index in [1.165, 1.54) is 0 Å². The van der Waals surface area contributed by atoms with Crippen LogP contribution < -0.4 is 0 Å². The van der Waals surface area contributed by atoms with Crippen molar-refractivity contribution in [2.75, 3.05) is 0 Å². The highest BCUT2D eigenvalue weighted by atomic mass is 16.4. The number of oxime groups is 2. The lowest BCUT2D eigenvalue weighted by atomic mass is 9.75. The normalized spacial score (nSPS) is 34.3. The third-order valence-electron chi connectivity index (χ3n) is 3.00. The van der Waals surface area contributed by atoms with Crippen LogP contribution in [0, 0.1) is 17.8 Å². The van der Waals surface area contributed by atoms with Crippen molar-refractivity contribution in [1.82, 2.24) is 0 Å². The van der Waals surface area contributed by atoms with E-state index < -0.39 is 0 Å². The second-order valence-electron chi connectivity index (χ2n) is 4.34. The van der Waals surface area contributed by atoms with Gasteiger partial charge in [0.15, 0.2) is 0 Å². The van der Waals surface area contributed by atoms with Gasteiger partial charge < -0.3 is 10.4 Å². The molecule has 0 aromatic carbocycles. The molecule has 1 aliphatic rings. The molecule has 1 aliphatic carbocycles. The summed E-state index contributed by atoms with van der Waals surface area (Å²) in [5, 5.41) is 24.3. The Bertz CT molecular complexity index is 259. The van der Waals surface area contributed by atoms with Gasteiger partial charge in [0.1, 0.15) is 0 Å². The SMILES string of the molecule is CC(C)[C@H]1C/C(=N\O)[C@@H](C)C/C1=N/O. The van der Waals surface area contributed by atoms with Gasteiger partial charge in [0.2, 0.25) is 0 Å². The van der Waals surface area contributed by atoms with E-state index in [2.05, 4.69) is 24.2 Å². The molecule has 0 radical (unpaired) electrons. The minimum Gasteiger partial charge on any atom is -0.411 e. The van der Waals surface area contributed by atoms with Gasteiger partial charge in [-0.2, -0.15) is 0 Å². The van der Waals surface area contributed by atoms with Crippen molar-refractivity contribution in [2.24, 2.45) is 28.1 Å². The van der Waals surface area contributed by atoms with Gasteiger partial charge in [0.05, 0.1) is 11.4 Å². The molecule has 0 aliphatic heterocycles. The van der Waals surface area contributed by atoms with Crippen LogP contribution in [-0.4, -0.2) is 21.8 Å². The average Bonchev–Trinajstić information content (AvgIpc) is 2.16. The number of rotatable bonds is 1. The molecule has 0 aromatic rings. The molecule has 0 aromatic heterocycles. The second kappa shape index (κ2) is 4.44. The molecule has 0 spiro atoms. The van der Waals surface area contributed by atoms with Crippen molar-refractivity contribution in [3.63, 3.8) is 0 Å². The van der Waals surface area contributed by atoms with Crippen molar-refractivity contribution in [1.29, 1.82) is 0 Å². The van der Waals surface area contributed by atoms with Gasteiger partial charge in [-0.15, -0.1) is 0 Å². The molecule has 2 atom stereocenters. The number of hydrogen-bond donors (Lipinski definition) is 2. The molecule has 1 rings (SSSR count). The van der Waals surface area contributed by atoms with Gasteiger partial charge in [-0.3, -0.25) is 0 Å². The molecule has 14 heavy (non-hydrogen) atoms. The van der Waals surface area contributed by atoms with Crippen LogP contribution in [0.25, 0.3) is 0 Å². The van der Waals surface area contributed by atoms with Gasteiger partial charge >= 0.3 is 0 Å². The van der Waals surface area contributed by atoms with Crippen LogP contribution >= 0.6 is 0 Å². The van der Waals surface area contributed by atoms with E-state index in [4.69, 9.17) is 10.4 Å². The van der Waals surface area contributed by atoms with Crippen LogP contribution in [0.5, 0.6) is 0 Å². The van der Waals surface area contributed by atoms with Crippen molar-refractivity contribution >= 4 is 11.4 Å². The van der Waals surface area contributed by atoms with Gasteiger partial charge in [0.25, 0.3) is 0 Å². The van der Waals surface area contributed by atoms with Crippen molar-refractivity contribution < 1.29 is 10.4 Å². The standard InChI is InChI=1S/C10H18N2O2/c1-6(2)8-5-9(11-13)7(3)4-10(8)12-14/h6-8,13-14H,4-5H2,1-3H3/b11-9+,12-10-/t7-,8+/m0/s1. The Morgan fingerprint density at radius 2 is 1.71 bits per heavy atom. The second-order valence-corrected chi connectivity index (χ2v) is 4.34. The molecule has 0 saturated heterocycles. The van der Waals surface area contributed by atoms with Gasteiger partial charge in [-0.05, 0) is 18.8 Å². The zero-order chi connectivity index (χ0) is 10.7. The van der Waals surface area contributed by atoms with E-state index in [9.17, 15) is 0 Å².